The molecule has 1 amide bonds. The van der Waals surface area contributed by atoms with Crippen molar-refractivity contribution in [3.8, 4) is 0 Å². The van der Waals surface area contributed by atoms with Gasteiger partial charge in [0.05, 0.1) is 5.75 Å². The predicted octanol–water partition coefficient (Wildman–Crippen LogP) is 1.73. The summed E-state index contributed by atoms with van der Waals surface area (Å²) in [5, 5.41) is 2.76. The van der Waals surface area contributed by atoms with Crippen LogP contribution in [0.2, 0.25) is 0 Å². The van der Waals surface area contributed by atoms with E-state index in [1.165, 1.54) is 4.31 Å². The topological polar surface area (TPSA) is 66.5 Å². The first-order valence-electron chi connectivity index (χ1n) is 7.94. The normalized spacial score (nSPS) is 19.0. The number of hydrogen-bond acceptors (Lipinski definition) is 3. The number of benzene rings is 2. The molecule has 1 heterocycles. The molecule has 1 aliphatic heterocycles. The Balaban J connectivity index is 1.82. The molecule has 126 valence electrons. The number of nitrogens with one attached hydrogen (secondary N) is 1. The molecule has 1 atom stereocenters. The SMILES string of the molecule is O=C1NCCN(S(=O)(=O)CCc2ccccc2)C1c1ccccc1. The fraction of sp³-hybridized carbons (Fsp3) is 0.278. The average Bonchev–Trinajstić information content (AvgIpc) is 2.61. The minimum absolute atomic E-state index is 0.00632. The zero-order valence-corrected chi connectivity index (χ0v) is 14.1. The van der Waals surface area contributed by atoms with Crippen molar-refractivity contribution in [2.75, 3.05) is 18.8 Å². The molecule has 1 saturated heterocycles. The highest BCUT2D eigenvalue weighted by Crippen LogP contribution is 2.26. The van der Waals surface area contributed by atoms with Gasteiger partial charge in [0, 0.05) is 13.1 Å². The van der Waals surface area contributed by atoms with Crippen molar-refractivity contribution in [1.82, 2.24) is 9.62 Å². The van der Waals surface area contributed by atoms with Gasteiger partial charge in [0.1, 0.15) is 6.04 Å². The van der Waals surface area contributed by atoms with Gasteiger partial charge in [0.25, 0.3) is 0 Å². The Kier molecular flexibility index (Phi) is 4.97. The van der Waals surface area contributed by atoms with E-state index in [0.29, 0.717) is 25.1 Å². The van der Waals surface area contributed by atoms with Crippen molar-refractivity contribution in [3.63, 3.8) is 0 Å². The van der Waals surface area contributed by atoms with Crippen LogP contribution in [0.15, 0.2) is 60.7 Å². The second kappa shape index (κ2) is 7.15. The Hall–Kier alpha value is -2.18. The summed E-state index contributed by atoms with van der Waals surface area (Å²) in [6.45, 7) is 0.634. The van der Waals surface area contributed by atoms with E-state index in [9.17, 15) is 13.2 Å². The van der Waals surface area contributed by atoms with Crippen molar-refractivity contribution >= 4 is 15.9 Å². The quantitative estimate of drug-likeness (QED) is 0.898. The molecule has 0 saturated carbocycles. The molecular formula is C18H20N2O3S. The maximum atomic E-state index is 12.8. The number of carbonyl (C=O) groups excluding carboxylic acids is 1. The van der Waals surface area contributed by atoms with E-state index in [1.807, 2.05) is 48.5 Å². The van der Waals surface area contributed by atoms with Crippen molar-refractivity contribution in [1.29, 1.82) is 0 Å². The van der Waals surface area contributed by atoms with Gasteiger partial charge in [-0.15, -0.1) is 0 Å². The molecule has 2 aromatic carbocycles. The summed E-state index contributed by atoms with van der Waals surface area (Å²) >= 11 is 0. The maximum Gasteiger partial charge on any atom is 0.243 e. The van der Waals surface area contributed by atoms with Crippen molar-refractivity contribution in [3.05, 3.63) is 71.8 Å². The molecule has 6 heteroatoms. The van der Waals surface area contributed by atoms with Crippen LogP contribution in [0, 0.1) is 0 Å². The first-order valence-corrected chi connectivity index (χ1v) is 9.55. The molecule has 0 bridgehead atoms. The lowest BCUT2D eigenvalue weighted by atomic mass is 10.1. The summed E-state index contributed by atoms with van der Waals surface area (Å²) in [5.41, 5.74) is 1.66. The Bertz CT molecular complexity index is 792. The van der Waals surface area contributed by atoms with E-state index in [4.69, 9.17) is 0 Å². The summed E-state index contributed by atoms with van der Waals surface area (Å²) in [7, 11) is -3.54. The minimum atomic E-state index is -3.54. The summed E-state index contributed by atoms with van der Waals surface area (Å²) in [4.78, 5) is 12.3. The Morgan fingerprint density at radius 3 is 2.29 bits per heavy atom. The fourth-order valence-corrected chi connectivity index (χ4v) is 4.54. The van der Waals surface area contributed by atoms with Crippen LogP contribution >= 0.6 is 0 Å². The number of rotatable bonds is 5. The first kappa shape index (κ1) is 16.7. The third-order valence-electron chi connectivity index (χ3n) is 4.13. The van der Waals surface area contributed by atoms with Gasteiger partial charge in [0.15, 0.2) is 0 Å². The number of nitrogens with zero attached hydrogens (tertiary/aromatic N) is 1. The summed E-state index contributed by atoms with van der Waals surface area (Å²) in [6, 6.07) is 17.8. The molecule has 3 rings (SSSR count). The van der Waals surface area contributed by atoms with Crippen molar-refractivity contribution < 1.29 is 13.2 Å². The Morgan fingerprint density at radius 1 is 1.00 bits per heavy atom. The molecule has 1 N–H and O–H groups in total. The minimum Gasteiger partial charge on any atom is -0.353 e. The second-order valence-corrected chi connectivity index (χ2v) is 7.81. The van der Waals surface area contributed by atoms with Crippen molar-refractivity contribution in [2.24, 2.45) is 0 Å². The molecule has 5 nitrogen and oxygen atoms in total. The van der Waals surface area contributed by atoms with Crippen LogP contribution in [0.3, 0.4) is 0 Å². The lowest BCUT2D eigenvalue weighted by Crippen LogP contribution is -2.52. The van der Waals surface area contributed by atoms with Gasteiger partial charge in [-0.05, 0) is 17.5 Å². The number of piperazine rings is 1. The fourth-order valence-electron chi connectivity index (χ4n) is 2.91. The van der Waals surface area contributed by atoms with Crippen LogP contribution in [0.4, 0.5) is 0 Å². The Labute approximate surface area is 142 Å². The number of aryl methyl sites for hydroxylation is 1. The van der Waals surface area contributed by atoms with E-state index in [2.05, 4.69) is 5.32 Å². The van der Waals surface area contributed by atoms with Crippen LogP contribution in [-0.2, 0) is 21.2 Å². The van der Waals surface area contributed by atoms with Crippen LogP contribution in [-0.4, -0.2) is 37.5 Å². The predicted molar refractivity (Wildman–Crippen MR) is 92.8 cm³/mol. The van der Waals surface area contributed by atoms with Gasteiger partial charge in [-0.2, -0.15) is 4.31 Å². The second-order valence-electron chi connectivity index (χ2n) is 5.77. The first-order chi connectivity index (χ1) is 11.6. The molecule has 1 fully saturated rings. The molecule has 1 unspecified atom stereocenters. The van der Waals surface area contributed by atoms with Crippen LogP contribution in [0.25, 0.3) is 0 Å². The van der Waals surface area contributed by atoms with Crippen LogP contribution in [0.5, 0.6) is 0 Å². The summed E-state index contributed by atoms with van der Waals surface area (Å²) in [5.74, 6) is -0.274. The molecular weight excluding hydrogens is 324 g/mol. The van der Waals surface area contributed by atoms with Gasteiger partial charge >= 0.3 is 0 Å². The van der Waals surface area contributed by atoms with E-state index in [1.54, 1.807) is 12.1 Å². The highest BCUT2D eigenvalue weighted by molar-refractivity contribution is 7.89. The third-order valence-corrected chi connectivity index (χ3v) is 5.96. The maximum absolute atomic E-state index is 12.8. The van der Waals surface area contributed by atoms with Gasteiger partial charge in [-0.25, -0.2) is 8.42 Å². The zero-order valence-electron chi connectivity index (χ0n) is 13.3. The van der Waals surface area contributed by atoms with E-state index in [0.717, 1.165) is 5.56 Å². The molecule has 1 aliphatic rings. The summed E-state index contributed by atoms with van der Waals surface area (Å²) in [6.07, 6.45) is 0.433. The number of sulfonamides is 1. The molecule has 0 aromatic heterocycles. The highest BCUT2D eigenvalue weighted by Gasteiger charge is 2.38. The number of hydrogen-bond donors (Lipinski definition) is 1. The monoisotopic (exact) mass is 344 g/mol. The van der Waals surface area contributed by atoms with Gasteiger partial charge in [-0.3, -0.25) is 4.79 Å². The molecule has 24 heavy (non-hydrogen) atoms. The standard InChI is InChI=1S/C18H20N2O3S/c21-18-17(16-9-5-2-6-10-16)20(13-12-19-18)24(22,23)14-11-15-7-3-1-4-8-15/h1-10,17H,11-14H2,(H,19,21). The largest absolute Gasteiger partial charge is 0.353 e. The third kappa shape index (κ3) is 3.66. The lowest BCUT2D eigenvalue weighted by Gasteiger charge is -2.34. The molecule has 0 aliphatic carbocycles. The average molecular weight is 344 g/mol. The van der Waals surface area contributed by atoms with E-state index in [-0.39, 0.29) is 11.7 Å². The summed E-state index contributed by atoms with van der Waals surface area (Å²) < 4.78 is 27.0. The molecule has 2 aromatic rings. The zero-order chi connectivity index (χ0) is 17.0. The van der Waals surface area contributed by atoms with Gasteiger partial charge in [0.2, 0.25) is 15.9 Å². The Morgan fingerprint density at radius 2 is 1.62 bits per heavy atom. The van der Waals surface area contributed by atoms with Crippen LogP contribution in [0.1, 0.15) is 17.2 Å². The van der Waals surface area contributed by atoms with E-state index < -0.39 is 16.1 Å². The van der Waals surface area contributed by atoms with Gasteiger partial charge < -0.3 is 5.32 Å². The lowest BCUT2D eigenvalue weighted by molar-refractivity contribution is -0.126. The number of amides is 1. The van der Waals surface area contributed by atoms with Crippen molar-refractivity contribution in [2.45, 2.75) is 12.5 Å². The van der Waals surface area contributed by atoms with Gasteiger partial charge in [-0.1, -0.05) is 60.7 Å². The van der Waals surface area contributed by atoms with E-state index >= 15 is 0 Å². The molecule has 0 radical (unpaired) electrons. The smallest absolute Gasteiger partial charge is 0.243 e. The van der Waals surface area contributed by atoms with Crippen LogP contribution < -0.4 is 5.32 Å². The highest BCUT2D eigenvalue weighted by atomic mass is 32.2. The molecule has 0 spiro atoms. The number of carbonyl (C=O) groups is 1.